The maximum absolute atomic E-state index is 11.3. The SMILES string of the molecule is C=CCOS(=O)(=O)c1ccccc1.CCN(CC)CC. The largest absolute Gasteiger partial charge is 0.304 e. The third kappa shape index (κ3) is 7.43. The van der Waals surface area contributed by atoms with Gasteiger partial charge >= 0.3 is 0 Å². The predicted molar refractivity (Wildman–Crippen MR) is 83.2 cm³/mol. The molecule has 0 fully saturated rings. The molecule has 0 saturated heterocycles. The Morgan fingerprint density at radius 1 is 1.10 bits per heavy atom. The van der Waals surface area contributed by atoms with Crippen LogP contribution in [0.25, 0.3) is 0 Å². The summed E-state index contributed by atoms with van der Waals surface area (Å²) in [6, 6.07) is 8.00. The molecule has 0 aromatic heterocycles. The van der Waals surface area contributed by atoms with E-state index in [0.717, 1.165) is 0 Å². The minimum Gasteiger partial charge on any atom is -0.304 e. The molecular weight excluding hydrogens is 274 g/mol. The molecule has 20 heavy (non-hydrogen) atoms. The van der Waals surface area contributed by atoms with Crippen LogP contribution in [-0.4, -0.2) is 39.6 Å². The standard InChI is InChI=1S/C9H10O3S.C6H15N/c1-2-8-12-13(10,11)9-6-4-3-5-7-9;1-4-7(5-2)6-3/h2-7H,1,8H2;4-6H2,1-3H3. The Balaban J connectivity index is 0.000000441. The van der Waals surface area contributed by atoms with Crippen molar-refractivity contribution in [3.63, 3.8) is 0 Å². The molecule has 114 valence electrons. The van der Waals surface area contributed by atoms with Gasteiger partial charge in [0.2, 0.25) is 0 Å². The average molecular weight is 299 g/mol. The Morgan fingerprint density at radius 3 is 1.95 bits per heavy atom. The molecule has 0 radical (unpaired) electrons. The molecule has 0 unspecified atom stereocenters. The summed E-state index contributed by atoms with van der Waals surface area (Å²) in [6.45, 7) is 13.5. The van der Waals surface area contributed by atoms with Gasteiger partial charge in [-0.15, -0.1) is 6.58 Å². The van der Waals surface area contributed by atoms with Gasteiger partial charge < -0.3 is 4.90 Å². The number of benzene rings is 1. The van der Waals surface area contributed by atoms with E-state index in [1.165, 1.54) is 37.8 Å². The molecule has 0 saturated carbocycles. The molecule has 0 heterocycles. The van der Waals surface area contributed by atoms with E-state index in [0.29, 0.717) is 0 Å². The van der Waals surface area contributed by atoms with E-state index in [2.05, 4.69) is 36.4 Å². The van der Waals surface area contributed by atoms with E-state index in [9.17, 15) is 8.42 Å². The smallest absolute Gasteiger partial charge is 0.297 e. The number of hydrogen-bond donors (Lipinski definition) is 0. The first kappa shape index (κ1) is 18.8. The molecule has 5 heteroatoms. The van der Waals surface area contributed by atoms with Crippen molar-refractivity contribution in [1.82, 2.24) is 4.90 Å². The molecule has 1 aromatic rings. The molecule has 1 rings (SSSR count). The normalized spacial score (nSPS) is 10.8. The summed E-state index contributed by atoms with van der Waals surface area (Å²) in [5.74, 6) is 0. The molecule has 0 amide bonds. The zero-order valence-electron chi connectivity index (χ0n) is 12.6. The van der Waals surface area contributed by atoms with Gasteiger partial charge in [0.1, 0.15) is 0 Å². The second kappa shape index (κ2) is 10.6. The van der Waals surface area contributed by atoms with Crippen LogP contribution in [0.3, 0.4) is 0 Å². The van der Waals surface area contributed by atoms with Crippen molar-refractivity contribution in [2.24, 2.45) is 0 Å². The Bertz CT molecular complexity index is 448. The third-order valence-electron chi connectivity index (χ3n) is 2.71. The van der Waals surface area contributed by atoms with Crippen molar-refractivity contribution in [3.05, 3.63) is 43.0 Å². The molecule has 1 aromatic carbocycles. The molecule has 0 bridgehead atoms. The van der Waals surface area contributed by atoms with E-state index >= 15 is 0 Å². The van der Waals surface area contributed by atoms with E-state index in [-0.39, 0.29) is 11.5 Å². The number of hydrogen-bond acceptors (Lipinski definition) is 4. The second-order valence-electron chi connectivity index (χ2n) is 3.96. The van der Waals surface area contributed by atoms with Crippen LogP contribution in [0.2, 0.25) is 0 Å². The monoisotopic (exact) mass is 299 g/mol. The van der Waals surface area contributed by atoms with Gasteiger partial charge in [0.15, 0.2) is 0 Å². The van der Waals surface area contributed by atoms with E-state index in [1.807, 2.05) is 0 Å². The van der Waals surface area contributed by atoms with Gasteiger partial charge in [-0.3, -0.25) is 4.18 Å². The van der Waals surface area contributed by atoms with E-state index in [4.69, 9.17) is 0 Å². The van der Waals surface area contributed by atoms with Gasteiger partial charge in [-0.1, -0.05) is 45.0 Å². The number of nitrogens with zero attached hydrogens (tertiary/aromatic N) is 1. The Kier molecular flexibility index (Phi) is 9.98. The first-order valence-corrected chi connectivity index (χ1v) is 8.20. The van der Waals surface area contributed by atoms with Gasteiger partial charge in [-0.25, -0.2) is 0 Å². The number of rotatable bonds is 7. The highest BCUT2D eigenvalue weighted by molar-refractivity contribution is 7.86. The summed E-state index contributed by atoms with van der Waals surface area (Å²) in [4.78, 5) is 2.54. The van der Waals surface area contributed by atoms with Crippen LogP contribution in [0.15, 0.2) is 47.9 Å². The highest BCUT2D eigenvalue weighted by Gasteiger charge is 2.12. The Hall–Kier alpha value is -1.17. The van der Waals surface area contributed by atoms with Crippen molar-refractivity contribution < 1.29 is 12.6 Å². The van der Waals surface area contributed by atoms with Crippen molar-refractivity contribution in [2.45, 2.75) is 25.7 Å². The molecule has 0 aliphatic heterocycles. The van der Waals surface area contributed by atoms with Crippen molar-refractivity contribution in [2.75, 3.05) is 26.2 Å². The summed E-state index contributed by atoms with van der Waals surface area (Å²) in [6.07, 6.45) is 1.39. The van der Waals surface area contributed by atoms with Gasteiger partial charge in [-0.05, 0) is 31.8 Å². The first-order chi connectivity index (χ1) is 9.51. The maximum atomic E-state index is 11.3. The van der Waals surface area contributed by atoms with Crippen LogP contribution >= 0.6 is 0 Å². The van der Waals surface area contributed by atoms with Gasteiger partial charge in [0.05, 0.1) is 11.5 Å². The van der Waals surface area contributed by atoms with Gasteiger partial charge in [0, 0.05) is 0 Å². The van der Waals surface area contributed by atoms with Gasteiger partial charge in [0.25, 0.3) is 10.1 Å². The van der Waals surface area contributed by atoms with Crippen LogP contribution in [0.4, 0.5) is 0 Å². The van der Waals surface area contributed by atoms with Crippen molar-refractivity contribution in [1.29, 1.82) is 0 Å². The molecule has 0 aliphatic carbocycles. The topological polar surface area (TPSA) is 46.6 Å². The fraction of sp³-hybridized carbons (Fsp3) is 0.467. The summed E-state index contributed by atoms with van der Waals surface area (Å²) in [5.41, 5.74) is 0. The van der Waals surface area contributed by atoms with E-state index < -0.39 is 10.1 Å². The van der Waals surface area contributed by atoms with Crippen molar-refractivity contribution >= 4 is 10.1 Å². The summed E-state index contributed by atoms with van der Waals surface area (Å²) in [5, 5.41) is 0. The Morgan fingerprint density at radius 2 is 1.60 bits per heavy atom. The van der Waals surface area contributed by atoms with E-state index in [1.54, 1.807) is 18.2 Å². The quantitative estimate of drug-likeness (QED) is 0.574. The second-order valence-corrected chi connectivity index (χ2v) is 5.58. The van der Waals surface area contributed by atoms with Crippen LogP contribution < -0.4 is 0 Å². The summed E-state index contributed by atoms with van der Waals surface area (Å²) >= 11 is 0. The minimum absolute atomic E-state index is 0.00275. The Labute approximate surface area is 123 Å². The molecule has 0 atom stereocenters. The highest BCUT2D eigenvalue weighted by atomic mass is 32.2. The maximum Gasteiger partial charge on any atom is 0.297 e. The van der Waals surface area contributed by atoms with Crippen LogP contribution in [-0.2, 0) is 14.3 Å². The fourth-order valence-corrected chi connectivity index (χ4v) is 2.37. The van der Waals surface area contributed by atoms with Crippen LogP contribution in [0.5, 0.6) is 0 Å². The highest BCUT2D eigenvalue weighted by Crippen LogP contribution is 2.10. The van der Waals surface area contributed by atoms with Crippen molar-refractivity contribution in [3.8, 4) is 0 Å². The molecule has 0 spiro atoms. The molecule has 0 aliphatic rings. The summed E-state index contributed by atoms with van der Waals surface area (Å²) < 4.78 is 27.3. The third-order valence-corrected chi connectivity index (χ3v) is 4.01. The summed E-state index contributed by atoms with van der Waals surface area (Å²) in [7, 11) is -3.59. The lowest BCUT2D eigenvalue weighted by Crippen LogP contribution is -2.21. The molecule has 4 nitrogen and oxygen atoms in total. The lowest BCUT2D eigenvalue weighted by atomic mass is 10.4. The fourth-order valence-electron chi connectivity index (χ4n) is 1.46. The lowest BCUT2D eigenvalue weighted by Gasteiger charge is -2.13. The average Bonchev–Trinajstić information content (AvgIpc) is 2.49. The van der Waals surface area contributed by atoms with Crippen LogP contribution in [0.1, 0.15) is 20.8 Å². The zero-order chi connectivity index (χ0) is 15.4. The lowest BCUT2D eigenvalue weighted by molar-refractivity contribution is 0.321. The molecule has 0 N–H and O–H groups in total. The van der Waals surface area contributed by atoms with Crippen LogP contribution in [0, 0.1) is 0 Å². The minimum atomic E-state index is -3.59. The zero-order valence-corrected chi connectivity index (χ0v) is 13.4. The first-order valence-electron chi connectivity index (χ1n) is 6.79. The molecular formula is C15H25NO3S. The predicted octanol–water partition coefficient (Wildman–Crippen LogP) is 2.93. The van der Waals surface area contributed by atoms with Gasteiger partial charge in [-0.2, -0.15) is 8.42 Å².